The molecule has 0 spiro atoms. The molecular formula is C25H31FN4O2. The topological polar surface area (TPSA) is 67.2 Å². The maximum atomic E-state index is 14.5. The van der Waals surface area contributed by atoms with E-state index in [9.17, 15) is 14.0 Å². The maximum Gasteiger partial charge on any atom is 0.273 e. The molecule has 0 radical (unpaired) electrons. The van der Waals surface area contributed by atoms with Crippen molar-refractivity contribution in [3.05, 3.63) is 53.1 Å². The number of nitrogens with zero attached hydrogens (tertiary/aromatic N) is 3. The highest BCUT2D eigenvalue weighted by molar-refractivity contribution is 5.99. The van der Waals surface area contributed by atoms with Crippen LogP contribution in [0.2, 0.25) is 0 Å². The largest absolute Gasteiger partial charge is 0.351 e. The Morgan fingerprint density at radius 1 is 1.16 bits per heavy atom. The van der Waals surface area contributed by atoms with Crippen molar-refractivity contribution in [2.24, 2.45) is 0 Å². The van der Waals surface area contributed by atoms with Crippen molar-refractivity contribution in [1.29, 1.82) is 0 Å². The second-order valence-electron chi connectivity index (χ2n) is 9.80. The van der Waals surface area contributed by atoms with E-state index in [2.05, 4.69) is 10.4 Å². The summed E-state index contributed by atoms with van der Waals surface area (Å²) in [6, 6.07) is 8.43. The summed E-state index contributed by atoms with van der Waals surface area (Å²) in [5.41, 5.74) is 0.672. The molecule has 0 saturated heterocycles. The molecule has 5 rings (SSSR count). The molecule has 170 valence electrons. The first kappa shape index (κ1) is 21.2. The van der Waals surface area contributed by atoms with Crippen molar-refractivity contribution in [2.45, 2.75) is 88.9 Å². The Hall–Kier alpha value is -2.70. The van der Waals surface area contributed by atoms with Crippen LogP contribution in [0.5, 0.6) is 0 Å². The Balaban J connectivity index is 1.48. The minimum absolute atomic E-state index is 0.0457. The number of amides is 2. The SMILES string of the molecule is C[C@]1(C(=O)NC2CCCCCC2)Cn2nc(C3CC3)cc2C(=O)N1Cc1ccccc1F. The number of benzene rings is 1. The highest BCUT2D eigenvalue weighted by Crippen LogP contribution is 2.41. The van der Waals surface area contributed by atoms with E-state index in [4.69, 9.17) is 0 Å². The first-order valence-corrected chi connectivity index (χ1v) is 11.9. The van der Waals surface area contributed by atoms with E-state index in [1.165, 1.54) is 18.9 Å². The summed E-state index contributed by atoms with van der Waals surface area (Å²) in [5.74, 6) is -0.405. The van der Waals surface area contributed by atoms with Crippen molar-refractivity contribution in [2.75, 3.05) is 0 Å². The summed E-state index contributed by atoms with van der Waals surface area (Å²) >= 11 is 0. The molecule has 2 aromatic rings. The quantitative estimate of drug-likeness (QED) is 0.713. The third-order valence-corrected chi connectivity index (χ3v) is 7.28. The van der Waals surface area contributed by atoms with E-state index >= 15 is 0 Å². The summed E-state index contributed by atoms with van der Waals surface area (Å²) in [6.07, 6.45) is 8.70. The first-order chi connectivity index (χ1) is 15.5. The summed E-state index contributed by atoms with van der Waals surface area (Å²) in [4.78, 5) is 28.8. The normalized spacial score (nSPS) is 24.2. The molecule has 2 fully saturated rings. The molecule has 0 unspecified atom stereocenters. The number of nitrogens with one attached hydrogen (secondary N) is 1. The summed E-state index contributed by atoms with van der Waals surface area (Å²) < 4.78 is 16.2. The van der Waals surface area contributed by atoms with Gasteiger partial charge in [-0.2, -0.15) is 5.10 Å². The molecule has 7 heteroatoms. The molecule has 32 heavy (non-hydrogen) atoms. The average Bonchev–Trinajstić information content (AvgIpc) is 3.58. The number of aromatic nitrogens is 2. The van der Waals surface area contributed by atoms with Crippen LogP contribution in [-0.4, -0.2) is 38.1 Å². The number of carbonyl (C=O) groups excluding carboxylic acids is 2. The third-order valence-electron chi connectivity index (χ3n) is 7.28. The van der Waals surface area contributed by atoms with Crippen LogP contribution in [-0.2, 0) is 17.9 Å². The van der Waals surface area contributed by atoms with Crippen LogP contribution in [0, 0.1) is 5.82 Å². The lowest BCUT2D eigenvalue weighted by molar-refractivity contribution is -0.134. The molecule has 2 saturated carbocycles. The van der Waals surface area contributed by atoms with Crippen molar-refractivity contribution in [1.82, 2.24) is 20.0 Å². The van der Waals surface area contributed by atoms with Gasteiger partial charge in [-0.05, 0) is 44.7 Å². The van der Waals surface area contributed by atoms with Crippen molar-refractivity contribution in [3.8, 4) is 0 Å². The number of rotatable bonds is 5. The van der Waals surface area contributed by atoms with Crippen LogP contribution in [0.1, 0.15) is 86.0 Å². The number of halogens is 1. The van der Waals surface area contributed by atoms with Crippen LogP contribution in [0.4, 0.5) is 4.39 Å². The maximum absolute atomic E-state index is 14.5. The van der Waals surface area contributed by atoms with Gasteiger partial charge >= 0.3 is 0 Å². The van der Waals surface area contributed by atoms with E-state index in [0.717, 1.165) is 44.2 Å². The standard InChI is InChI=1S/C25H31FN4O2/c1-25(24(32)27-19-9-4-2-3-5-10-19)16-30-22(14-21(28-30)17-12-13-17)23(31)29(25)15-18-8-6-7-11-20(18)26/h6-8,11,14,17,19H,2-5,9-10,12-13,15-16H2,1H3,(H,27,32)/t25-/m1/s1. The molecule has 6 nitrogen and oxygen atoms in total. The number of hydrogen-bond donors (Lipinski definition) is 1. The molecule has 1 N–H and O–H groups in total. The predicted molar refractivity (Wildman–Crippen MR) is 119 cm³/mol. The van der Waals surface area contributed by atoms with Crippen LogP contribution < -0.4 is 5.32 Å². The van der Waals surface area contributed by atoms with Gasteiger partial charge in [0.2, 0.25) is 5.91 Å². The van der Waals surface area contributed by atoms with Gasteiger partial charge in [-0.1, -0.05) is 43.9 Å². The molecule has 1 aromatic heterocycles. The monoisotopic (exact) mass is 438 g/mol. The molecule has 2 aliphatic carbocycles. The van der Waals surface area contributed by atoms with Crippen LogP contribution in [0.25, 0.3) is 0 Å². The predicted octanol–water partition coefficient (Wildman–Crippen LogP) is 4.15. The van der Waals surface area contributed by atoms with Gasteiger partial charge in [0.25, 0.3) is 5.91 Å². The van der Waals surface area contributed by atoms with Gasteiger partial charge in [0.05, 0.1) is 18.8 Å². The van der Waals surface area contributed by atoms with E-state index in [1.807, 2.05) is 6.07 Å². The molecular weight excluding hydrogens is 407 g/mol. The average molecular weight is 439 g/mol. The second kappa shape index (κ2) is 8.34. The first-order valence-electron chi connectivity index (χ1n) is 11.9. The lowest BCUT2D eigenvalue weighted by atomic mass is 9.93. The van der Waals surface area contributed by atoms with Crippen molar-refractivity contribution in [3.63, 3.8) is 0 Å². The van der Waals surface area contributed by atoms with Crippen LogP contribution in [0.15, 0.2) is 30.3 Å². The zero-order valence-corrected chi connectivity index (χ0v) is 18.6. The summed E-state index contributed by atoms with van der Waals surface area (Å²) in [7, 11) is 0. The van der Waals surface area contributed by atoms with Crippen LogP contribution in [0.3, 0.4) is 0 Å². The fraction of sp³-hybridized carbons (Fsp3) is 0.560. The Bertz CT molecular complexity index is 1020. The Labute approximate surface area is 188 Å². The number of fused-ring (bicyclic) bond motifs is 1. The van der Waals surface area contributed by atoms with Gasteiger partial charge in [-0.15, -0.1) is 0 Å². The van der Waals surface area contributed by atoms with E-state index in [0.29, 0.717) is 17.2 Å². The van der Waals surface area contributed by atoms with Crippen molar-refractivity contribution >= 4 is 11.8 Å². The minimum Gasteiger partial charge on any atom is -0.351 e. The lowest BCUT2D eigenvalue weighted by Crippen LogP contribution is -2.64. The van der Waals surface area contributed by atoms with E-state index in [1.54, 1.807) is 34.7 Å². The van der Waals surface area contributed by atoms with Gasteiger partial charge in [0, 0.05) is 17.5 Å². The Kier molecular flexibility index (Phi) is 5.51. The fourth-order valence-electron chi connectivity index (χ4n) is 5.05. The number of hydrogen-bond acceptors (Lipinski definition) is 3. The third kappa shape index (κ3) is 3.93. The van der Waals surface area contributed by atoms with Gasteiger partial charge < -0.3 is 10.2 Å². The Morgan fingerprint density at radius 3 is 2.56 bits per heavy atom. The fourth-order valence-corrected chi connectivity index (χ4v) is 5.05. The van der Waals surface area contributed by atoms with E-state index in [-0.39, 0.29) is 36.8 Å². The molecule has 0 bridgehead atoms. The molecule has 1 atom stereocenters. The molecule has 1 aliphatic heterocycles. The highest BCUT2D eigenvalue weighted by atomic mass is 19.1. The molecule has 2 amide bonds. The number of carbonyl (C=O) groups is 2. The molecule has 1 aromatic carbocycles. The smallest absolute Gasteiger partial charge is 0.273 e. The van der Waals surface area contributed by atoms with Crippen LogP contribution >= 0.6 is 0 Å². The molecule has 2 heterocycles. The zero-order valence-electron chi connectivity index (χ0n) is 18.6. The van der Waals surface area contributed by atoms with Gasteiger partial charge in [-0.3, -0.25) is 14.3 Å². The second-order valence-corrected chi connectivity index (χ2v) is 9.80. The van der Waals surface area contributed by atoms with E-state index < -0.39 is 5.54 Å². The van der Waals surface area contributed by atoms with Gasteiger partial charge in [0.15, 0.2) is 0 Å². The van der Waals surface area contributed by atoms with Gasteiger partial charge in [0.1, 0.15) is 17.1 Å². The Morgan fingerprint density at radius 2 is 1.88 bits per heavy atom. The van der Waals surface area contributed by atoms with Gasteiger partial charge in [-0.25, -0.2) is 4.39 Å². The van der Waals surface area contributed by atoms with Crippen molar-refractivity contribution < 1.29 is 14.0 Å². The zero-order chi connectivity index (χ0) is 22.3. The summed E-state index contributed by atoms with van der Waals surface area (Å²) in [6.45, 7) is 2.11. The lowest BCUT2D eigenvalue weighted by Gasteiger charge is -2.44. The molecule has 3 aliphatic rings. The highest BCUT2D eigenvalue weighted by Gasteiger charge is 2.49. The summed E-state index contributed by atoms with van der Waals surface area (Å²) in [5, 5.41) is 7.90. The minimum atomic E-state index is -1.15.